The summed E-state index contributed by atoms with van der Waals surface area (Å²) in [5.41, 5.74) is 7.36. The molecule has 2 aromatic heterocycles. The van der Waals surface area contributed by atoms with E-state index < -0.39 is 5.60 Å². The summed E-state index contributed by atoms with van der Waals surface area (Å²) in [6, 6.07) is 3.94. The van der Waals surface area contributed by atoms with Gasteiger partial charge < -0.3 is 21.1 Å². The third-order valence-corrected chi connectivity index (χ3v) is 4.84. The van der Waals surface area contributed by atoms with E-state index in [1.54, 1.807) is 6.20 Å². The Hall–Kier alpha value is -2.25. The summed E-state index contributed by atoms with van der Waals surface area (Å²) in [4.78, 5) is 22.8. The van der Waals surface area contributed by atoms with Crippen molar-refractivity contribution in [2.45, 2.75) is 38.2 Å². The van der Waals surface area contributed by atoms with Gasteiger partial charge in [-0.05, 0) is 44.9 Å². The zero-order valence-electron chi connectivity index (χ0n) is 15.2. The number of nitrogens with two attached hydrogens (primary N) is 1. The van der Waals surface area contributed by atoms with Crippen LogP contribution in [0, 0.1) is 6.92 Å². The first-order chi connectivity index (χ1) is 12.5. The van der Waals surface area contributed by atoms with Crippen LogP contribution in [0.5, 0.6) is 0 Å². The van der Waals surface area contributed by atoms with Gasteiger partial charge in [-0.3, -0.25) is 14.8 Å². The van der Waals surface area contributed by atoms with E-state index in [4.69, 9.17) is 5.73 Å². The number of β-amino-alcohol motifs (C(OH)–C–C–N with tert-alkyl or cyclic N) is 1. The minimum Gasteiger partial charge on any atom is -0.386 e. The molecular formula is C19H27N5O2. The van der Waals surface area contributed by atoms with Gasteiger partial charge in [0.15, 0.2) is 0 Å². The van der Waals surface area contributed by atoms with E-state index in [2.05, 4.69) is 20.2 Å². The Morgan fingerprint density at radius 2 is 2.35 bits per heavy atom. The average Bonchev–Trinajstić information content (AvgIpc) is 2.64. The van der Waals surface area contributed by atoms with Gasteiger partial charge in [-0.25, -0.2) is 0 Å². The van der Waals surface area contributed by atoms with Gasteiger partial charge in [0.1, 0.15) is 0 Å². The van der Waals surface area contributed by atoms with Crippen molar-refractivity contribution >= 4 is 22.5 Å². The predicted octanol–water partition coefficient (Wildman–Crippen LogP) is 1.12. The number of pyridine rings is 2. The highest BCUT2D eigenvalue weighted by Gasteiger charge is 2.34. The summed E-state index contributed by atoms with van der Waals surface area (Å²) < 4.78 is 0. The van der Waals surface area contributed by atoms with E-state index in [0.29, 0.717) is 32.4 Å². The number of aryl methyl sites for hydroxylation is 1. The second kappa shape index (κ2) is 7.97. The van der Waals surface area contributed by atoms with Crippen LogP contribution in [0.3, 0.4) is 0 Å². The number of piperidine rings is 1. The Kier molecular flexibility index (Phi) is 5.68. The normalized spacial score (nSPS) is 20.3. The van der Waals surface area contributed by atoms with Gasteiger partial charge in [0.2, 0.25) is 5.91 Å². The molecule has 0 bridgehead atoms. The summed E-state index contributed by atoms with van der Waals surface area (Å²) >= 11 is 0. The second-order valence-electron chi connectivity index (χ2n) is 7.09. The Bertz CT molecular complexity index is 782. The van der Waals surface area contributed by atoms with Crippen LogP contribution in [0.4, 0.5) is 5.69 Å². The second-order valence-corrected chi connectivity index (χ2v) is 7.09. The maximum Gasteiger partial charge on any atom is 0.220 e. The highest BCUT2D eigenvalue weighted by Crippen LogP contribution is 2.31. The number of rotatable bonds is 6. The molecule has 0 aliphatic carbocycles. The molecule has 3 heterocycles. The van der Waals surface area contributed by atoms with Crippen molar-refractivity contribution in [3.63, 3.8) is 0 Å². The molecule has 0 saturated carbocycles. The molecule has 1 aliphatic heterocycles. The van der Waals surface area contributed by atoms with E-state index in [1.165, 1.54) is 0 Å². The number of aromatic nitrogens is 2. The molecular weight excluding hydrogens is 330 g/mol. The molecule has 0 spiro atoms. The Labute approximate surface area is 153 Å². The fraction of sp³-hybridized carbons (Fsp3) is 0.526. The topological polar surface area (TPSA) is 104 Å². The number of hydrogen-bond donors (Lipinski definition) is 3. The van der Waals surface area contributed by atoms with Crippen LogP contribution in [0.2, 0.25) is 0 Å². The number of anilines is 1. The van der Waals surface area contributed by atoms with Crippen molar-refractivity contribution in [2.75, 3.05) is 31.1 Å². The number of amides is 1. The zero-order chi connectivity index (χ0) is 18.6. The fourth-order valence-corrected chi connectivity index (χ4v) is 3.52. The predicted molar refractivity (Wildman–Crippen MR) is 102 cm³/mol. The van der Waals surface area contributed by atoms with Crippen molar-refractivity contribution in [3.8, 4) is 0 Å². The van der Waals surface area contributed by atoms with Gasteiger partial charge in [-0.1, -0.05) is 0 Å². The van der Waals surface area contributed by atoms with E-state index in [0.717, 1.165) is 35.2 Å². The van der Waals surface area contributed by atoms with Crippen LogP contribution >= 0.6 is 0 Å². The molecule has 2 aromatic rings. The number of carbonyl (C=O) groups is 1. The lowest BCUT2D eigenvalue weighted by atomic mass is 9.92. The lowest BCUT2D eigenvalue weighted by Crippen LogP contribution is -2.54. The molecule has 1 atom stereocenters. The molecule has 1 fully saturated rings. The molecule has 7 nitrogen and oxygen atoms in total. The van der Waals surface area contributed by atoms with E-state index >= 15 is 0 Å². The highest BCUT2D eigenvalue weighted by atomic mass is 16.3. The van der Waals surface area contributed by atoms with Gasteiger partial charge >= 0.3 is 0 Å². The number of nitrogens with zero attached hydrogens (tertiary/aromatic N) is 3. The Morgan fingerprint density at radius 1 is 1.50 bits per heavy atom. The fourth-order valence-electron chi connectivity index (χ4n) is 3.52. The van der Waals surface area contributed by atoms with Crippen LogP contribution in [0.1, 0.15) is 31.4 Å². The number of fused-ring (bicyclic) bond motifs is 1. The van der Waals surface area contributed by atoms with Gasteiger partial charge in [0.25, 0.3) is 0 Å². The molecule has 26 heavy (non-hydrogen) atoms. The maximum atomic E-state index is 11.8. The van der Waals surface area contributed by atoms with Crippen LogP contribution < -0.4 is 16.0 Å². The van der Waals surface area contributed by atoms with Crippen molar-refractivity contribution in [1.29, 1.82) is 0 Å². The quantitative estimate of drug-likeness (QED) is 0.716. The van der Waals surface area contributed by atoms with Gasteiger partial charge in [-0.15, -0.1) is 0 Å². The summed E-state index contributed by atoms with van der Waals surface area (Å²) in [5.74, 6) is -0.0598. The molecule has 3 rings (SSSR count). The van der Waals surface area contributed by atoms with Crippen LogP contribution in [0.15, 0.2) is 24.5 Å². The molecule has 1 amide bonds. The minimum absolute atomic E-state index is 0.0598. The largest absolute Gasteiger partial charge is 0.386 e. The van der Waals surface area contributed by atoms with Crippen molar-refractivity contribution in [1.82, 2.24) is 15.3 Å². The molecule has 0 unspecified atom stereocenters. The molecule has 1 aliphatic rings. The van der Waals surface area contributed by atoms with Gasteiger partial charge in [0, 0.05) is 55.2 Å². The zero-order valence-corrected chi connectivity index (χ0v) is 15.2. The van der Waals surface area contributed by atoms with E-state index in [-0.39, 0.29) is 12.5 Å². The summed E-state index contributed by atoms with van der Waals surface area (Å²) in [6.07, 6.45) is 6.14. The first kappa shape index (κ1) is 18.5. The summed E-state index contributed by atoms with van der Waals surface area (Å²) in [7, 11) is 0. The van der Waals surface area contributed by atoms with E-state index in [1.807, 2.05) is 25.3 Å². The summed E-state index contributed by atoms with van der Waals surface area (Å²) in [6.45, 7) is 4.05. The lowest BCUT2D eigenvalue weighted by Gasteiger charge is -2.41. The Balaban J connectivity index is 1.75. The van der Waals surface area contributed by atoms with Crippen molar-refractivity contribution in [3.05, 3.63) is 30.2 Å². The SMILES string of the molecule is Cc1cc(N2CCC[C@](O)(CNC(=O)CCCN)C2)c2cnccc2n1. The standard InChI is InChI=1S/C19H27N5O2/c1-14-10-17(15-11-21-8-5-16(15)23-14)24-9-3-6-19(26,13-24)12-22-18(25)4-2-7-20/h5,8,10-11,26H,2-4,6-7,9,12-13,20H2,1H3,(H,22,25)/t19-/m0/s1. The molecule has 140 valence electrons. The smallest absolute Gasteiger partial charge is 0.220 e. The molecule has 0 aromatic carbocycles. The molecule has 4 N–H and O–H groups in total. The Morgan fingerprint density at radius 3 is 3.15 bits per heavy atom. The molecule has 1 saturated heterocycles. The third-order valence-electron chi connectivity index (χ3n) is 4.84. The highest BCUT2D eigenvalue weighted by molar-refractivity contribution is 5.91. The van der Waals surface area contributed by atoms with Crippen LogP contribution in [0.25, 0.3) is 10.9 Å². The number of aliphatic hydroxyl groups is 1. The first-order valence-electron chi connectivity index (χ1n) is 9.16. The van der Waals surface area contributed by atoms with Gasteiger partial charge in [-0.2, -0.15) is 0 Å². The molecule has 0 radical (unpaired) electrons. The molecule has 7 heteroatoms. The monoisotopic (exact) mass is 357 g/mol. The van der Waals surface area contributed by atoms with Gasteiger partial charge in [0.05, 0.1) is 11.1 Å². The number of hydrogen-bond acceptors (Lipinski definition) is 6. The number of carbonyl (C=O) groups excluding carboxylic acids is 1. The lowest BCUT2D eigenvalue weighted by molar-refractivity contribution is -0.122. The average molecular weight is 357 g/mol. The maximum absolute atomic E-state index is 11.8. The van der Waals surface area contributed by atoms with Crippen molar-refractivity contribution in [2.24, 2.45) is 5.73 Å². The van der Waals surface area contributed by atoms with Crippen LogP contribution in [-0.4, -0.2) is 52.8 Å². The van der Waals surface area contributed by atoms with E-state index in [9.17, 15) is 9.90 Å². The van der Waals surface area contributed by atoms with Crippen LogP contribution in [-0.2, 0) is 4.79 Å². The minimum atomic E-state index is -0.942. The number of nitrogens with one attached hydrogen (secondary N) is 1. The first-order valence-corrected chi connectivity index (χ1v) is 9.16. The van der Waals surface area contributed by atoms with Crippen molar-refractivity contribution < 1.29 is 9.90 Å². The summed E-state index contributed by atoms with van der Waals surface area (Å²) in [5, 5.41) is 14.8. The third kappa shape index (κ3) is 4.28.